The lowest BCUT2D eigenvalue weighted by molar-refractivity contribution is 0.0523. The number of pyridine rings is 1. The lowest BCUT2D eigenvalue weighted by atomic mass is 10.2. The quantitative estimate of drug-likeness (QED) is 0.446. The maximum absolute atomic E-state index is 11.7. The molecule has 8 nitrogen and oxygen atoms in total. The fourth-order valence-electron chi connectivity index (χ4n) is 2.20. The molecule has 29 heavy (non-hydrogen) atoms. The van der Waals surface area contributed by atoms with E-state index in [2.05, 4.69) is 26.2 Å². The molecule has 156 valence electrons. The molecule has 0 radical (unpaired) electrons. The largest absolute Gasteiger partial charge is 0.490 e. The van der Waals surface area contributed by atoms with Gasteiger partial charge in [-0.2, -0.15) is 0 Å². The zero-order valence-electron chi connectivity index (χ0n) is 16.4. The molecule has 1 heterocycles. The van der Waals surface area contributed by atoms with Crippen LogP contribution < -0.4 is 14.8 Å². The van der Waals surface area contributed by atoms with E-state index < -0.39 is 17.7 Å². The highest BCUT2D eigenvalue weighted by molar-refractivity contribution is 9.10. The third-order valence-electron chi connectivity index (χ3n) is 3.40. The number of amides is 1. The number of carbonyl (C=O) groups is 2. The summed E-state index contributed by atoms with van der Waals surface area (Å²) >= 11 is 3.13. The van der Waals surface area contributed by atoms with Crippen molar-refractivity contribution in [2.75, 3.05) is 13.2 Å². The number of nitrogens with zero attached hydrogens (tertiary/aromatic N) is 1. The molecule has 0 aliphatic heterocycles. The van der Waals surface area contributed by atoms with Crippen molar-refractivity contribution in [1.82, 2.24) is 10.3 Å². The normalized spacial score (nSPS) is 10.9. The van der Waals surface area contributed by atoms with E-state index in [4.69, 9.17) is 19.3 Å². The highest BCUT2D eigenvalue weighted by Gasteiger charge is 2.16. The van der Waals surface area contributed by atoms with E-state index in [0.29, 0.717) is 16.9 Å². The molecule has 0 bridgehead atoms. The number of carbonyl (C=O) groups excluding carboxylic acids is 1. The van der Waals surface area contributed by atoms with Crippen LogP contribution in [0.3, 0.4) is 0 Å². The molecule has 9 heteroatoms. The van der Waals surface area contributed by atoms with Crippen LogP contribution in [0.5, 0.6) is 11.5 Å². The maximum atomic E-state index is 11.7. The first-order chi connectivity index (χ1) is 13.6. The Bertz CT molecular complexity index is 849. The monoisotopic (exact) mass is 466 g/mol. The fourth-order valence-corrected chi connectivity index (χ4v) is 2.50. The van der Waals surface area contributed by atoms with Gasteiger partial charge in [-0.05, 0) is 66.5 Å². The summed E-state index contributed by atoms with van der Waals surface area (Å²) in [6, 6.07) is 10.3. The molecule has 0 spiro atoms. The van der Waals surface area contributed by atoms with Crippen LogP contribution in [0, 0.1) is 0 Å². The molecular formula is C20H23BrN2O6. The van der Waals surface area contributed by atoms with Crippen LogP contribution in [0.2, 0.25) is 0 Å². The molecule has 0 saturated carbocycles. The predicted molar refractivity (Wildman–Crippen MR) is 109 cm³/mol. The summed E-state index contributed by atoms with van der Waals surface area (Å²) in [5, 5.41) is 11.8. The highest BCUT2D eigenvalue weighted by atomic mass is 79.9. The van der Waals surface area contributed by atoms with E-state index >= 15 is 0 Å². The number of nitrogens with one attached hydrogen (secondary N) is 1. The Kier molecular flexibility index (Phi) is 7.83. The number of ether oxygens (including phenoxy) is 3. The molecule has 1 aromatic heterocycles. The van der Waals surface area contributed by atoms with Crippen molar-refractivity contribution in [2.24, 2.45) is 0 Å². The third kappa shape index (κ3) is 7.98. The van der Waals surface area contributed by atoms with Gasteiger partial charge >= 0.3 is 12.1 Å². The van der Waals surface area contributed by atoms with Gasteiger partial charge in [0.05, 0.1) is 0 Å². The summed E-state index contributed by atoms with van der Waals surface area (Å²) in [6.45, 7) is 6.14. The van der Waals surface area contributed by atoms with Crippen LogP contribution >= 0.6 is 15.9 Å². The summed E-state index contributed by atoms with van der Waals surface area (Å²) in [4.78, 5) is 26.7. The van der Waals surface area contributed by atoms with Crippen molar-refractivity contribution in [2.45, 2.75) is 32.9 Å². The van der Waals surface area contributed by atoms with Gasteiger partial charge in [0, 0.05) is 6.54 Å². The van der Waals surface area contributed by atoms with Crippen molar-refractivity contribution < 1.29 is 28.9 Å². The van der Waals surface area contributed by atoms with Crippen molar-refractivity contribution in [1.29, 1.82) is 0 Å². The summed E-state index contributed by atoms with van der Waals surface area (Å²) in [6.07, 6.45) is -0.474. The molecule has 0 aliphatic carbocycles. The van der Waals surface area contributed by atoms with E-state index in [-0.39, 0.29) is 24.7 Å². The number of aromatic nitrogens is 1. The molecule has 1 amide bonds. The number of halogens is 1. The summed E-state index contributed by atoms with van der Waals surface area (Å²) in [7, 11) is 0. The number of carboxylic acids is 1. The molecular weight excluding hydrogens is 444 g/mol. The Hall–Kier alpha value is -2.81. The molecule has 2 N–H and O–H groups in total. The van der Waals surface area contributed by atoms with Gasteiger partial charge in [0.25, 0.3) is 0 Å². The second-order valence-corrected chi connectivity index (χ2v) is 7.79. The highest BCUT2D eigenvalue weighted by Crippen LogP contribution is 2.20. The van der Waals surface area contributed by atoms with Crippen LogP contribution in [0.4, 0.5) is 4.79 Å². The summed E-state index contributed by atoms with van der Waals surface area (Å²) in [5.74, 6) is -0.368. The molecule has 0 atom stereocenters. The zero-order valence-corrected chi connectivity index (χ0v) is 18.0. The molecule has 0 fully saturated rings. The fraction of sp³-hybridized carbons (Fsp3) is 0.350. The van der Waals surface area contributed by atoms with Gasteiger partial charge in [-0.25, -0.2) is 14.6 Å². The minimum absolute atomic E-state index is 0.158. The molecule has 2 aromatic rings. The third-order valence-corrected chi connectivity index (χ3v) is 3.84. The molecule has 1 aromatic carbocycles. The van der Waals surface area contributed by atoms with Crippen LogP contribution in [-0.2, 0) is 11.3 Å². The minimum Gasteiger partial charge on any atom is -0.490 e. The van der Waals surface area contributed by atoms with Gasteiger partial charge in [0.15, 0.2) is 11.4 Å². The van der Waals surface area contributed by atoms with Crippen LogP contribution in [-0.4, -0.2) is 41.0 Å². The zero-order chi connectivity index (χ0) is 21.4. The topological polar surface area (TPSA) is 107 Å². The number of hydrogen-bond acceptors (Lipinski definition) is 6. The lowest BCUT2D eigenvalue weighted by Crippen LogP contribution is -2.32. The first kappa shape index (κ1) is 22.5. The van der Waals surface area contributed by atoms with E-state index in [9.17, 15) is 9.59 Å². The van der Waals surface area contributed by atoms with Gasteiger partial charge in [0.1, 0.15) is 29.2 Å². The number of rotatable bonds is 8. The van der Waals surface area contributed by atoms with E-state index in [0.717, 1.165) is 5.56 Å². The Labute approximate surface area is 177 Å². The molecule has 0 saturated heterocycles. The lowest BCUT2D eigenvalue weighted by Gasteiger charge is -2.19. The van der Waals surface area contributed by atoms with E-state index in [1.54, 1.807) is 39.0 Å². The van der Waals surface area contributed by atoms with Crippen LogP contribution in [0.1, 0.15) is 36.8 Å². The number of aromatic carboxylic acids is 1. The van der Waals surface area contributed by atoms with Gasteiger partial charge in [0.2, 0.25) is 0 Å². The van der Waals surface area contributed by atoms with Crippen molar-refractivity contribution >= 4 is 28.0 Å². The van der Waals surface area contributed by atoms with Crippen molar-refractivity contribution in [3.05, 3.63) is 52.3 Å². The average Bonchev–Trinajstić information content (AvgIpc) is 2.64. The number of benzene rings is 1. The van der Waals surface area contributed by atoms with Crippen molar-refractivity contribution in [3.8, 4) is 11.5 Å². The summed E-state index contributed by atoms with van der Waals surface area (Å²) < 4.78 is 16.6. The average molecular weight is 467 g/mol. The molecule has 0 aliphatic rings. The maximum Gasteiger partial charge on any atom is 0.407 e. The summed E-state index contributed by atoms with van der Waals surface area (Å²) in [5.41, 5.74) is 0.189. The smallest absolute Gasteiger partial charge is 0.407 e. The van der Waals surface area contributed by atoms with E-state index in [1.165, 1.54) is 6.07 Å². The number of alkyl carbamates (subject to hydrolysis) is 1. The van der Waals surface area contributed by atoms with Crippen molar-refractivity contribution in [3.63, 3.8) is 0 Å². The number of hydrogen-bond donors (Lipinski definition) is 2. The molecule has 0 unspecified atom stereocenters. The predicted octanol–water partition coefficient (Wildman–Crippen LogP) is 4.02. The van der Waals surface area contributed by atoms with Gasteiger partial charge in [-0.3, -0.25) is 0 Å². The minimum atomic E-state index is -1.17. The van der Waals surface area contributed by atoms with Gasteiger partial charge < -0.3 is 24.6 Å². The first-order valence-electron chi connectivity index (χ1n) is 8.85. The van der Waals surface area contributed by atoms with Crippen LogP contribution in [0.25, 0.3) is 0 Å². The SMILES string of the molecule is CC(C)(C)OC(=O)NCc1ccc(OCCOc2ccc(Br)nc2C(=O)O)cc1. The number of carboxylic acid groups (broad SMARTS) is 1. The van der Waals surface area contributed by atoms with E-state index in [1.807, 2.05) is 12.1 Å². The van der Waals surface area contributed by atoms with Gasteiger partial charge in [-0.1, -0.05) is 12.1 Å². The first-order valence-corrected chi connectivity index (χ1v) is 9.64. The molecule has 2 rings (SSSR count). The Morgan fingerprint density at radius 1 is 1.07 bits per heavy atom. The Balaban J connectivity index is 1.77. The Morgan fingerprint density at radius 2 is 1.72 bits per heavy atom. The second kappa shape index (κ2) is 10.1. The second-order valence-electron chi connectivity index (χ2n) is 6.98. The van der Waals surface area contributed by atoms with Gasteiger partial charge in [-0.15, -0.1) is 0 Å². The Morgan fingerprint density at radius 3 is 2.34 bits per heavy atom. The standard InChI is InChI=1S/C20H23BrN2O6/c1-20(2,3)29-19(26)22-12-13-4-6-14(7-5-13)27-10-11-28-15-8-9-16(21)23-17(15)18(24)25/h4-9H,10-12H2,1-3H3,(H,22,26)(H,24,25). The van der Waals surface area contributed by atoms with Crippen LogP contribution in [0.15, 0.2) is 41.0 Å².